The number of rotatable bonds is 5. The molecule has 0 spiro atoms. The molecule has 20 heavy (non-hydrogen) atoms. The van der Waals surface area contributed by atoms with Crippen LogP contribution < -0.4 is 5.32 Å². The van der Waals surface area contributed by atoms with E-state index in [9.17, 15) is 4.79 Å². The molecule has 2 rings (SSSR count). The Kier molecular flexibility index (Phi) is 4.84. The smallest absolute Gasteiger partial charge is 0.235 e. The molecule has 0 unspecified atom stereocenters. The van der Waals surface area contributed by atoms with E-state index in [2.05, 4.69) is 42.5 Å². The molecule has 1 aromatic carbocycles. The summed E-state index contributed by atoms with van der Waals surface area (Å²) in [5.74, 6) is 2.33. The molecule has 0 bridgehead atoms. The lowest BCUT2D eigenvalue weighted by molar-refractivity contribution is -0.113. The lowest BCUT2D eigenvalue weighted by Gasteiger charge is -2.06. The highest BCUT2D eigenvalue weighted by atomic mass is 32.2. The fourth-order valence-corrected chi connectivity index (χ4v) is 2.70. The van der Waals surface area contributed by atoms with Crippen LogP contribution in [0.15, 0.2) is 28.8 Å². The molecule has 2 aromatic rings. The third-order valence-corrected chi connectivity index (χ3v) is 3.87. The van der Waals surface area contributed by atoms with Gasteiger partial charge in [-0.1, -0.05) is 28.9 Å². The molecule has 1 heterocycles. The van der Waals surface area contributed by atoms with Crippen LogP contribution in [0.3, 0.4) is 0 Å². The van der Waals surface area contributed by atoms with Gasteiger partial charge in [-0.3, -0.25) is 4.79 Å². The standard InChI is InChI=1S/C15H18N2O2S/c1-10-4-5-11(2)13(6-10)8-20-9-15(18)16-14-7-12(3)19-17-14/h4-7H,8-9H2,1-3H3,(H,16,17,18). The van der Waals surface area contributed by atoms with Gasteiger partial charge in [-0.25, -0.2) is 0 Å². The highest BCUT2D eigenvalue weighted by molar-refractivity contribution is 7.99. The summed E-state index contributed by atoms with van der Waals surface area (Å²) in [6.45, 7) is 5.96. The van der Waals surface area contributed by atoms with Crippen molar-refractivity contribution in [2.45, 2.75) is 26.5 Å². The molecular formula is C15H18N2O2S. The largest absolute Gasteiger partial charge is 0.360 e. The van der Waals surface area contributed by atoms with E-state index in [4.69, 9.17) is 4.52 Å². The Bertz CT molecular complexity index is 608. The van der Waals surface area contributed by atoms with Crippen molar-refractivity contribution in [3.05, 3.63) is 46.7 Å². The maximum absolute atomic E-state index is 11.8. The van der Waals surface area contributed by atoms with Gasteiger partial charge in [-0.05, 0) is 31.9 Å². The van der Waals surface area contributed by atoms with Crippen LogP contribution in [0.4, 0.5) is 5.82 Å². The molecule has 0 fully saturated rings. The van der Waals surface area contributed by atoms with E-state index in [0.29, 0.717) is 17.3 Å². The number of aryl methyl sites for hydroxylation is 3. The molecule has 0 saturated heterocycles. The number of hydrogen-bond acceptors (Lipinski definition) is 4. The number of nitrogens with one attached hydrogen (secondary N) is 1. The van der Waals surface area contributed by atoms with E-state index in [0.717, 1.165) is 5.75 Å². The summed E-state index contributed by atoms with van der Waals surface area (Å²) in [5.41, 5.74) is 3.78. The summed E-state index contributed by atoms with van der Waals surface area (Å²) >= 11 is 1.59. The van der Waals surface area contributed by atoms with E-state index in [1.165, 1.54) is 16.7 Å². The molecule has 0 radical (unpaired) electrons. The molecule has 1 N–H and O–H groups in total. The molecule has 1 amide bonds. The van der Waals surface area contributed by atoms with Gasteiger partial charge in [0, 0.05) is 11.8 Å². The first-order valence-corrected chi connectivity index (χ1v) is 7.57. The van der Waals surface area contributed by atoms with E-state index in [-0.39, 0.29) is 5.91 Å². The van der Waals surface area contributed by atoms with Crippen molar-refractivity contribution in [1.29, 1.82) is 0 Å². The van der Waals surface area contributed by atoms with E-state index in [1.54, 1.807) is 24.8 Å². The maximum Gasteiger partial charge on any atom is 0.235 e. The number of carbonyl (C=O) groups excluding carboxylic acids is 1. The summed E-state index contributed by atoms with van der Waals surface area (Å²) in [4.78, 5) is 11.8. The topological polar surface area (TPSA) is 55.1 Å². The molecule has 0 aliphatic rings. The second-order valence-corrected chi connectivity index (χ2v) is 5.78. The van der Waals surface area contributed by atoms with E-state index >= 15 is 0 Å². The van der Waals surface area contributed by atoms with E-state index in [1.807, 2.05) is 0 Å². The average Bonchev–Trinajstić information content (AvgIpc) is 2.79. The monoisotopic (exact) mass is 290 g/mol. The quantitative estimate of drug-likeness (QED) is 0.916. The van der Waals surface area contributed by atoms with Crippen molar-refractivity contribution < 1.29 is 9.32 Å². The van der Waals surface area contributed by atoms with Crippen LogP contribution in [-0.4, -0.2) is 16.8 Å². The number of thioether (sulfide) groups is 1. The van der Waals surface area contributed by atoms with Gasteiger partial charge in [0.1, 0.15) is 5.76 Å². The highest BCUT2D eigenvalue weighted by Gasteiger charge is 2.07. The SMILES string of the molecule is Cc1ccc(C)c(CSCC(=O)Nc2cc(C)on2)c1. The molecule has 0 saturated carbocycles. The summed E-state index contributed by atoms with van der Waals surface area (Å²) in [5, 5.41) is 6.44. The second-order valence-electron chi connectivity index (χ2n) is 4.79. The average molecular weight is 290 g/mol. The summed E-state index contributed by atoms with van der Waals surface area (Å²) in [6, 6.07) is 8.08. The zero-order valence-corrected chi connectivity index (χ0v) is 12.7. The molecule has 0 aliphatic heterocycles. The Balaban J connectivity index is 1.80. The van der Waals surface area contributed by atoms with Crippen LogP contribution in [0.5, 0.6) is 0 Å². The van der Waals surface area contributed by atoms with Crippen molar-refractivity contribution in [3.8, 4) is 0 Å². The molecule has 106 valence electrons. The first kappa shape index (κ1) is 14.7. The third kappa shape index (κ3) is 4.13. The van der Waals surface area contributed by atoms with E-state index < -0.39 is 0 Å². The van der Waals surface area contributed by atoms with Gasteiger partial charge in [-0.15, -0.1) is 11.8 Å². The minimum atomic E-state index is -0.0615. The zero-order valence-electron chi connectivity index (χ0n) is 11.9. The first-order valence-electron chi connectivity index (χ1n) is 6.41. The fraction of sp³-hybridized carbons (Fsp3) is 0.333. The van der Waals surface area contributed by atoms with Gasteiger partial charge in [0.25, 0.3) is 0 Å². The van der Waals surface area contributed by atoms with Crippen molar-refractivity contribution in [1.82, 2.24) is 5.16 Å². The number of hydrogen-bond donors (Lipinski definition) is 1. The predicted molar refractivity (Wildman–Crippen MR) is 81.9 cm³/mol. The minimum Gasteiger partial charge on any atom is -0.360 e. The first-order chi connectivity index (χ1) is 9.54. The summed E-state index contributed by atoms with van der Waals surface area (Å²) in [6.07, 6.45) is 0. The molecule has 5 heteroatoms. The van der Waals surface area contributed by atoms with Gasteiger partial charge in [0.15, 0.2) is 5.82 Å². The van der Waals surface area contributed by atoms with Crippen LogP contribution in [0.2, 0.25) is 0 Å². The van der Waals surface area contributed by atoms with Crippen LogP contribution >= 0.6 is 11.8 Å². The minimum absolute atomic E-state index is 0.0615. The lowest BCUT2D eigenvalue weighted by atomic mass is 10.1. The van der Waals surface area contributed by atoms with Gasteiger partial charge < -0.3 is 9.84 Å². The Morgan fingerprint density at radius 2 is 2.10 bits per heavy atom. The summed E-state index contributed by atoms with van der Waals surface area (Å²) < 4.78 is 4.90. The van der Waals surface area contributed by atoms with Gasteiger partial charge >= 0.3 is 0 Å². The number of carbonyl (C=O) groups is 1. The van der Waals surface area contributed by atoms with Gasteiger partial charge in [0.05, 0.1) is 5.75 Å². The van der Waals surface area contributed by atoms with Crippen molar-refractivity contribution >= 4 is 23.5 Å². The molecular weight excluding hydrogens is 272 g/mol. The fourth-order valence-electron chi connectivity index (χ4n) is 1.81. The molecule has 4 nitrogen and oxygen atoms in total. The Morgan fingerprint density at radius 3 is 2.80 bits per heavy atom. The molecule has 0 aliphatic carbocycles. The predicted octanol–water partition coefficient (Wildman–Crippen LogP) is 3.47. The number of amides is 1. The lowest BCUT2D eigenvalue weighted by Crippen LogP contribution is -2.14. The Hall–Kier alpha value is -1.75. The van der Waals surface area contributed by atoms with Crippen molar-refractivity contribution in [2.24, 2.45) is 0 Å². The van der Waals surface area contributed by atoms with Crippen LogP contribution in [-0.2, 0) is 10.5 Å². The number of anilines is 1. The van der Waals surface area contributed by atoms with Gasteiger partial charge in [0.2, 0.25) is 5.91 Å². The maximum atomic E-state index is 11.8. The second kappa shape index (κ2) is 6.61. The van der Waals surface area contributed by atoms with Crippen molar-refractivity contribution in [3.63, 3.8) is 0 Å². The Labute approximate surface area is 122 Å². The third-order valence-electron chi connectivity index (χ3n) is 2.89. The number of aromatic nitrogens is 1. The van der Waals surface area contributed by atoms with Gasteiger partial charge in [-0.2, -0.15) is 0 Å². The summed E-state index contributed by atoms with van der Waals surface area (Å²) in [7, 11) is 0. The molecule has 0 atom stereocenters. The number of benzene rings is 1. The number of nitrogens with zero attached hydrogens (tertiary/aromatic N) is 1. The van der Waals surface area contributed by atoms with Crippen LogP contribution in [0, 0.1) is 20.8 Å². The normalized spacial score (nSPS) is 10.6. The zero-order chi connectivity index (χ0) is 14.5. The van der Waals surface area contributed by atoms with Crippen molar-refractivity contribution in [2.75, 3.05) is 11.1 Å². The Morgan fingerprint density at radius 1 is 1.30 bits per heavy atom. The highest BCUT2D eigenvalue weighted by Crippen LogP contribution is 2.18. The van der Waals surface area contributed by atoms with Crippen LogP contribution in [0.25, 0.3) is 0 Å². The van der Waals surface area contributed by atoms with Crippen LogP contribution in [0.1, 0.15) is 22.5 Å². The molecule has 1 aromatic heterocycles.